The highest BCUT2D eigenvalue weighted by Crippen LogP contribution is 2.50. The lowest BCUT2D eigenvalue weighted by Crippen LogP contribution is -2.49. The average molecular weight is 557 g/mol. The fraction of sp³-hybridized carbons (Fsp3) is 0.171. The quantitative estimate of drug-likeness (QED) is 0.233. The Hall–Kier alpha value is -5.17. The van der Waals surface area contributed by atoms with E-state index in [9.17, 15) is 14.4 Å². The molecule has 3 aliphatic rings. The number of anilines is 2. The summed E-state index contributed by atoms with van der Waals surface area (Å²) in [6, 6.07) is 32.2. The summed E-state index contributed by atoms with van der Waals surface area (Å²) in [6.45, 7) is 0. The molecule has 3 heterocycles. The highest BCUT2D eigenvalue weighted by Gasteiger charge is 2.65. The van der Waals surface area contributed by atoms with E-state index >= 15 is 0 Å². The highest BCUT2D eigenvalue weighted by molar-refractivity contribution is 6.25. The number of ether oxygens (including phenoxy) is 2. The van der Waals surface area contributed by atoms with E-state index in [1.165, 1.54) is 12.0 Å². The molecule has 7 nitrogen and oxygen atoms in total. The summed E-state index contributed by atoms with van der Waals surface area (Å²) in [5.41, 5.74) is 3.70. The van der Waals surface area contributed by atoms with Crippen LogP contribution in [0.15, 0.2) is 115 Å². The van der Waals surface area contributed by atoms with Gasteiger partial charge in [0.1, 0.15) is 11.8 Å². The van der Waals surface area contributed by atoms with Crippen molar-refractivity contribution in [1.82, 2.24) is 0 Å². The van der Waals surface area contributed by atoms with Gasteiger partial charge in [0.15, 0.2) is 6.10 Å². The number of imide groups is 1. The second-order valence-electron chi connectivity index (χ2n) is 10.6. The smallest absolute Gasteiger partial charge is 0.330 e. The van der Waals surface area contributed by atoms with Crippen molar-refractivity contribution >= 4 is 35.2 Å². The van der Waals surface area contributed by atoms with Gasteiger partial charge in [-0.05, 0) is 34.9 Å². The van der Waals surface area contributed by atoms with Crippen LogP contribution in [0, 0.1) is 11.8 Å². The zero-order chi connectivity index (χ0) is 28.8. The fourth-order valence-corrected chi connectivity index (χ4v) is 6.61. The molecule has 3 aliphatic heterocycles. The molecular weight excluding hydrogens is 528 g/mol. The Balaban J connectivity index is 1.33. The number of hydrogen-bond donors (Lipinski definition) is 0. The van der Waals surface area contributed by atoms with Crippen LogP contribution in [0.2, 0.25) is 0 Å². The van der Waals surface area contributed by atoms with Gasteiger partial charge in [-0.2, -0.15) is 0 Å². The number of para-hydroxylation sites is 3. The second kappa shape index (κ2) is 10.3. The van der Waals surface area contributed by atoms with E-state index in [0.717, 1.165) is 22.4 Å². The number of esters is 1. The minimum atomic E-state index is -1.02. The van der Waals surface area contributed by atoms with Gasteiger partial charge in [-0.15, -0.1) is 0 Å². The minimum absolute atomic E-state index is 0.355. The first-order chi connectivity index (χ1) is 20.6. The molecule has 7 rings (SSSR count). The summed E-state index contributed by atoms with van der Waals surface area (Å²) in [5, 5.41) is 0. The number of carbonyl (C=O) groups excluding carboxylic acids is 3. The monoisotopic (exact) mass is 556 g/mol. The first-order valence-corrected chi connectivity index (χ1v) is 14.0. The van der Waals surface area contributed by atoms with Crippen molar-refractivity contribution in [1.29, 1.82) is 0 Å². The molecule has 4 aromatic rings. The molecule has 0 spiro atoms. The van der Waals surface area contributed by atoms with Gasteiger partial charge < -0.3 is 14.4 Å². The summed E-state index contributed by atoms with van der Waals surface area (Å²) in [7, 11) is 1.50. The van der Waals surface area contributed by atoms with Gasteiger partial charge in [-0.3, -0.25) is 9.59 Å². The van der Waals surface area contributed by atoms with Gasteiger partial charge in [-0.25, -0.2) is 9.69 Å². The molecule has 4 aromatic carbocycles. The van der Waals surface area contributed by atoms with Gasteiger partial charge in [0.05, 0.1) is 30.7 Å². The second-order valence-corrected chi connectivity index (χ2v) is 10.6. The van der Waals surface area contributed by atoms with E-state index in [4.69, 9.17) is 9.47 Å². The third kappa shape index (κ3) is 4.00. The minimum Gasteiger partial charge on any atom is -0.495 e. The number of hydrogen-bond acceptors (Lipinski definition) is 6. The molecule has 2 amide bonds. The lowest BCUT2D eigenvalue weighted by molar-refractivity contribution is -0.151. The molecule has 4 atom stereocenters. The van der Waals surface area contributed by atoms with E-state index in [-0.39, 0.29) is 5.91 Å². The molecule has 42 heavy (non-hydrogen) atoms. The number of fused-ring (bicyclic) bond motifs is 5. The number of amides is 2. The zero-order valence-electron chi connectivity index (χ0n) is 22.9. The number of nitrogens with zero attached hydrogens (tertiary/aromatic N) is 2. The predicted molar refractivity (Wildman–Crippen MR) is 159 cm³/mol. The number of methoxy groups -OCH3 is 1. The van der Waals surface area contributed by atoms with E-state index in [1.54, 1.807) is 24.3 Å². The van der Waals surface area contributed by atoms with Crippen LogP contribution in [0.5, 0.6) is 5.75 Å². The first kappa shape index (κ1) is 25.8. The maximum absolute atomic E-state index is 14.4. The third-order valence-electron chi connectivity index (χ3n) is 8.42. The van der Waals surface area contributed by atoms with Gasteiger partial charge >= 0.3 is 5.97 Å². The molecule has 0 aromatic heterocycles. The van der Waals surface area contributed by atoms with Gasteiger partial charge in [-0.1, -0.05) is 103 Å². The first-order valence-electron chi connectivity index (χ1n) is 14.0. The predicted octanol–water partition coefficient (Wildman–Crippen LogP) is 5.42. The maximum atomic E-state index is 14.4. The van der Waals surface area contributed by atoms with Crippen molar-refractivity contribution < 1.29 is 23.9 Å². The van der Waals surface area contributed by atoms with Gasteiger partial charge in [0.2, 0.25) is 11.8 Å². The summed E-state index contributed by atoms with van der Waals surface area (Å²) < 4.78 is 11.8. The molecule has 0 bridgehead atoms. The van der Waals surface area contributed by atoms with E-state index < -0.39 is 41.9 Å². The van der Waals surface area contributed by atoms with Crippen LogP contribution in [0.4, 0.5) is 11.4 Å². The van der Waals surface area contributed by atoms with Crippen LogP contribution in [-0.2, 0) is 19.1 Å². The van der Waals surface area contributed by atoms with Crippen molar-refractivity contribution in [3.63, 3.8) is 0 Å². The van der Waals surface area contributed by atoms with Crippen LogP contribution < -0.4 is 14.5 Å². The Labute approximate surface area is 243 Å². The molecule has 0 N–H and O–H groups in total. The molecular formula is C35H28N2O5. The Morgan fingerprint density at radius 3 is 1.95 bits per heavy atom. The van der Waals surface area contributed by atoms with Crippen LogP contribution in [0.1, 0.15) is 22.8 Å². The van der Waals surface area contributed by atoms with Gasteiger partial charge in [0, 0.05) is 5.69 Å². The third-order valence-corrected chi connectivity index (χ3v) is 8.42. The lowest BCUT2D eigenvalue weighted by atomic mass is 9.88. The molecule has 208 valence electrons. The van der Waals surface area contributed by atoms with Gasteiger partial charge in [0.25, 0.3) is 0 Å². The summed E-state index contributed by atoms with van der Waals surface area (Å²) in [6.07, 6.45) is 3.20. The van der Waals surface area contributed by atoms with Crippen molar-refractivity contribution in [2.24, 2.45) is 11.8 Å². The SMILES string of the molecule is COc1ccccc1N1C(=O)[C@@H]2[C@H](C1=O)[C@H](C(=O)OC(c1ccccc1)c1ccccc1)N1c3ccccc3C=C[C@H]21. The fourth-order valence-electron chi connectivity index (χ4n) is 6.61. The molecule has 0 unspecified atom stereocenters. The standard InChI is InChI=1S/C35H28N2O5/c1-41-28-19-11-10-18-26(28)37-33(38)29-27-21-20-22-12-8-9-17-25(22)36(27)31(30(29)34(37)39)35(40)42-32(23-13-4-2-5-14-23)24-15-6-3-7-16-24/h2-21,27,29-32H,1H3/t27-,29+,30+,31-/m1/s1. The molecule has 7 heteroatoms. The number of carbonyl (C=O) groups is 3. The lowest BCUT2D eigenvalue weighted by Gasteiger charge is -2.36. The van der Waals surface area contributed by atoms with Crippen LogP contribution in [0.3, 0.4) is 0 Å². The Morgan fingerprint density at radius 1 is 0.714 bits per heavy atom. The molecule has 0 aliphatic carbocycles. The normalized spacial score (nSPS) is 22.1. The molecule has 0 saturated carbocycles. The maximum Gasteiger partial charge on any atom is 0.330 e. The highest BCUT2D eigenvalue weighted by atomic mass is 16.5. The number of rotatable bonds is 6. The average Bonchev–Trinajstić information content (AvgIpc) is 3.52. The number of benzene rings is 4. The van der Waals surface area contributed by atoms with E-state index in [0.29, 0.717) is 11.4 Å². The van der Waals surface area contributed by atoms with Crippen molar-refractivity contribution in [3.05, 3.63) is 132 Å². The topological polar surface area (TPSA) is 76.1 Å². The van der Waals surface area contributed by atoms with E-state index in [2.05, 4.69) is 0 Å². The van der Waals surface area contributed by atoms with Crippen molar-refractivity contribution in [3.8, 4) is 5.75 Å². The van der Waals surface area contributed by atoms with Crippen LogP contribution in [-0.4, -0.2) is 37.0 Å². The Bertz CT molecular complexity index is 1660. The Kier molecular flexibility index (Phi) is 6.35. The summed E-state index contributed by atoms with van der Waals surface area (Å²) >= 11 is 0. The molecule has 2 fully saturated rings. The largest absolute Gasteiger partial charge is 0.495 e. The van der Waals surface area contributed by atoms with Crippen molar-refractivity contribution in [2.75, 3.05) is 16.9 Å². The zero-order valence-corrected chi connectivity index (χ0v) is 22.9. The molecule has 2 saturated heterocycles. The van der Waals surface area contributed by atoms with E-state index in [1.807, 2.05) is 102 Å². The van der Waals surface area contributed by atoms with Crippen molar-refractivity contribution in [2.45, 2.75) is 18.2 Å². The van der Waals surface area contributed by atoms with Crippen LogP contribution in [0.25, 0.3) is 6.08 Å². The summed E-state index contributed by atoms with van der Waals surface area (Å²) in [4.78, 5) is 45.9. The van der Waals surface area contributed by atoms with Crippen LogP contribution >= 0.6 is 0 Å². The summed E-state index contributed by atoms with van der Waals surface area (Å²) in [5.74, 6) is -2.65. The Morgan fingerprint density at radius 2 is 1.29 bits per heavy atom. The molecule has 0 radical (unpaired) electrons.